The summed E-state index contributed by atoms with van der Waals surface area (Å²) in [6.45, 7) is 4.22. The smallest absolute Gasteiger partial charge is 0.183 e. The van der Waals surface area contributed by atoms with Gasteiger partial charge in [-0.05, 0) is 31.0 Å². The summed E-state index contributed by atoms with van der Waals surface area (Å²) in [7, 11) is 0. The van der Waals surface area contributed by atoms with Gasteiger partial charge in [-0.15, -0.1) is 11.3 Å². The molecule has 1 N–H and O–H groups in total. The van der Waals surface area contributed by atoms with E-state index in [2.05, 4.69) is 35.6 Å². The predicted octanol–water partition coefficient (Wildman–Crippen LogP) is 4.53. The molecule has 0 aliphatic rings. The van der Waals surface area contributed by atoms with Crippen LogP contribution in [0.1, 0.15) is 31.1 Å². The van der Waals surface area contributed by atoms with Crippen LogP contribution in [0.4, 0.5) is 5.13 Å². The first kappa shape index (κ1) is 12.4. The first-order valence-corrected chi connectivity index (χ1v) is 6.91. The SMILES string of the molecule is CCc1csc(NC(C)c2cccc(Cl)c2)n1. The summed E-state index contributed by atoms with van der Waals surface area (Å²) in [6, 6.07) is 8.11. The quantitative estimate of drug-likeness (QED) is 0.879. The van der Waals surface area contributed by atoms with Crippen molar-refractivity contribution in [2.75, 3.05) is 5.32 Å². The number of anilines is 1. The third kappa shape index (κ3) is 3.20. The van der Waals surface area contributed by atoms with E-state index in [-0.39, 0.29) is 6.04 Å². The molecule has 0 bridgehead atoms. The summed E-state index contributed by atoms with van der Waals surface area (Å²) in [6.07, 6.45) is 0.976. The second kappa shape index (κ2) is 5.52. The number of thiazole rings is 1. The highest BCUT2D eigenvalue weighted by Crippen LogP contribution is 2.24. The first-order chi connectivity index (χ1) is 8.19. The van der Waals surface area contributed by atoms with E-state index in [0.29, 0.717) is 0 Å². The maximum Gasteiger partial charge on any atom is 0.183 e. The second-order valence-electron chi connectivity index (χ2n) is 3.92. The van der Waals surface area contributed by atoms with Gasteiger partial charge in [0, 0.05) is 10.4 Å². The first-order valence-electron chi connectivity index (χ1n) is 5.65. The van der Waals surface area contributed by atoms with Crippen molar-refractivity contribution in [1.82, 2.24) is 4.98 Å². The van der Waals surface area contributed by atoms with Crippen molar-refractivity contribution in [1.29, 1.82) is 0 Å². The van der Waals surface area contributed by atoms with E-state index >= 15 is 0 Å². The third-order valence-corrected chi connectivity index (χ3v) is 3.66. The molecule has 1 unspecified atom stereocenters. The van der Waals surface area contributed by atoms with Gasteiger partial charge in [0.2, 0.25) is 0 Å². The van der Waals surface area contributed by atoms with Gasteiger partial charge in [0.15, 0.2) is 5.13 Å². The summed E-state index contributed by atoms with van der Waals surface area (Å²) >= 11 is 7.62. The zero-order valence-electron chi connectivity index (χ0n) is 9.90. The Labute approximate surface area is 111 Å². The predicted molar refractivity (Wildman–Crippen MR) is 75.0 cm³/mol. The molecule has 0 saturated heterocycles. The molecule has 2 aromatic rings. The van der Waals surface area contributed by atoms with Crippen LogP contribution in [-0.2, 0) is 6.42 Å². The fraction of sp³-hybridized carbons (Fsp3) is 0.308. The van der Waals surface area contributed by atoms with Gasteiger partial charge in [-0.2, -0.15) is 0 Å². The fourth-order valence-corrected chi connectivity index (χ4v) is 2.66. The van der Waals surface area contributed by atoms with Gasteiger partial charge >= 0.3 is 0 Å². The highest BCUT2D eigenvalue weighted by molar-refractivity contribution is 7.13. The van der Waals surface area contributed by atoms with Crippen LogP contribution in [0.5, 0.6) is 0 Å². The highest BCUT2D eigenvalue weighted by atomic mass is 35.5. The van der Waals surface area contributed by atoms with Gasteiger partial charge in [-0.3, -0.25) is 0 Å². The van der Waals surface area contributed by atoms with Crippen LogP contribution >= 0.6 is 22.9 Å². The van der Waals surface area contributed by atoms with Crippen LogP contribution in [0, 0.1) is 0 Å². The minimum absolute atomic E-state index is 0.213. The normalized spacial score (nSPS) is 12.4. The minimum atomic E-state index is 0.213. The molecule has 90 valence electrons. The standard InChI is InChI=1S/C13H15ClN2S/c1-3-12-8-17-13(16-12)15-9(2)10-5-4-6-11(14)7-10/h4-9H,3H2,1-2H3,(H,15,16). The molecule has 0 aliphatic heterocycles. The van der Waals surface area contributed by atoms with Gasteiger partial charge in [0.1, 0.15) is 0 Å². The molecule has 1 aromatic heterocycles. The highest BCUT2D eigenvalue weighted by Gasteiger charge is 2.08. The Hall–Kier alpha value is -1.06. The molecule has 2 nitrogen and oxygen atoms in total. The molecule has 2 rings (SSSR count). The zero-order chi connectivity index (χ0) is 12.3. The number of rotatable bonds is 4. The number of hydrogen-bond donors (Lipinski definition) is 1. The Balaban J connectivity index is 2.08. The lowest BCUT2D eigenvalue weighted by Crippen LogP contribution is -2.06. The van der Waals surface area contributed by atoms with Crippen LogP contribution < -0.4 is 5.32 Å². The average molecular weight is 267 g/mol. The maximum absolute atomic E-state index is 5.98. The molecule has 1 heterocycles. The van der Waals surface area contributed by atoms with Crippen LogP contribution in [0.25, 0.3) is 0 Å². The number of nitrogens with one attached hydrogen (secondary N) is 1. The van der Waals surface area contributed by atoms with E-state index in [4.69, 9.17) is 11.6 Å². The molecule has 1 atom stereocenters. The largest absolute Gasteiger partial charge is 0.355 e. The van der Waals surface area contributed by atoms with E-state index in [1.165, 1.54) is 5.56 Å². The Morgan fingerprint density at radius 2 is 2.29 bits per heavy atom. The summed E-state index contributed by atoms with van der Waals surface area (Å²) in [4.78, 5) is 4.49. The summed E-state index contributed by atoms with van der Waals surface area (Å²) in [5.74, 6) is 0. The molecule has 0 amide bonds. The third-order valence-electron chi connectivity index (χ3n) is 2.60. The molecule has 17 heavy (non-hydrogen) atoms. The molecular weight excluding hydrogens is 252 g/mol. The van der Waals surface area contributed by atoms with Gasteiger partial charge < -0.3 is 5.32 Å². The average Bonchev–Trinajstić information content (AvgIpc) is 2.77. The van der Waals surface area contributed by atoms with Crippen LogP contribution in [0.15, 0.2) is 29.6 Å². The Kier molecular flexibility index (Phi) is 4.02. The Morgan fingerprint density at radius 1 is 1.47 bits per heavy atom. The molecule has 0 radical (unpaired) electrons. The lowest BCUT2D eigenvalue weighted by molar-refractivity contribution is 0.878. The second-order valence-corrected chi connectivity index (χ2v) is 5.21. The Bertz CT molecular complexity index is 496. The fourth-order valence-electron chi connectivity index (χ4n) is 1.58. The topological polar surface area (TPSA) is 24.9 Å². The van der Waals surface area contributed by atoms with Gasteiger partial charge in [-0.25, -0.2) is 4.98 Å². The van der Waals surface area contributed by atoms with Crippen molar-refractivity contribution in [2.24, 2.45) is 0 Å². The van der Waals surface area contributed by atoms with Crippen molar-refractivity contribution in [3.8, 4) is 0 Å². The van der Waals surface area contributed by atoms with E-state index in [1.807, 2.05) is 18.2 Å². The molecule has 0 spiro atoms. The van der Waals surface area contributed by atoms with Crippen LogP contribution in [0.3, 0.4) is 0 Å². The monoisotopic (exact) mass is 266 g/mol. The van der Waals surface area contributed by atoms with E-state index in [1.54, 1.807) is 11.3 Å². The number of aromatic nitrogens is 1. The van der Waals surface area contributed by atoms with Gasteiger partial charge in [0.05, 0.1) is 11.7 Å². The molecule has 0 fully saturated rings. The molecular formula is C13H15ClN2S. The van der Waals surface area contributed by atoms with E-state index in [0.717, 1.165) is 22.3 Å². The van der Waals surface area contributed by atoms with Crippen molar-refractivity contribution >= 4 is 28.1 Å². The molecule has 0 saturated carbocycles. The number of benzene rings is 1. The van der Waals surface area contributed by atoms with Gasteiger partial charge in [0.25, 0.3) is 0 Å². The zero-order valence-corrected chi connectivity index (χ0v) is 11.5. The molecule has 4 heteroatoms. The van der Waals surface area contributed by atoms with Crippen LogP contribution in [-0.4, -0.2) is 4.98 Å². The van der Waals surface area contributed by atoms with Crippen molar-refractivity contribution < 1.29 is 0 Å². The summed E-state index contributed by atoms with van der Waals surface area (Å²) in [5.41, 5.74) is 2.31. The lowest BCUT2D eigenvalue weighted by atomic mass is 10.1. The molecule has 0 aliphatic carbocycles. The van der Waals surface area contributed by atoms with Crippen molar-refractivity contribution in [3.63, 3.8) is 0 Å². The molecule has 1 aromatic carbocycles. The van der Waals surface area contributed by atoms with Crippen molar-refractivity contribution in [3.05, 3.63) is 45.9 Å². The summed E-state index contributed by atoms with van der Waals surface area (Å²) < 4.78 is 0. The number of nitrogens with zero attached hydrogens (tertiary/aromatic N) is 1. The Morgan fingerprint density at radius 3 is 2.94 bits per heavy atom. The lowest BCUT2D eigenvalue weighted by Gasteiger charge is -2.13. The number of aryl methyl sites for hydroxylation is 1. The number of halogens is 1. The van der Waals surface area contributed by atoms with E-state index < -0.39 is 0 Å². The van der Waals surface area contributed by atoms with E-state index in [9.17, 15) is 0 Å². The number of hydrogen-bond acceptors (Lipinski definition) is 3. The van der Waals surface area contributed by atoms with Crippen LogP contribution in [0.2, 0.25) is 5.02 Å². The maximum atomic E-state index is 5.98. The summed E-state index contributed by atoms with van der Waals surface area (Å²) in [5, 5.41) is 7.21. The van der Waals surface area contributed by atoms with Gasteiger partial charge in [-0.1, -0.05) is 30.7 Å². The van der Waals surface area contributed by atoms with Crippen molar-refractivity contribution in [2.45, 2.75) is 26.3 Å². The minimum Gasteiger partial charge on any atom is -0.355 e.